The van der Waals surface area contributed by atoms with Gasteiger partial charge in [-0.15, -0.1) is 0 Å². The minimum atomic E-state index is -0.456. The molecule has 142 valence electrons. The second-order valence-electron chi connectivity index (χ2n) is 8.11. The molecule has 27 heavy (non-hydrogen) atoms. The molecule has 0 radical (unpaired) electrons. The number of nitrogens with one attached hydrogen (secondary N) is 1. The molecule has 1 N–H and O–H groups in total. The fraction of sp³-hybridized carbons (Fsp3) is 0.500. The van der Waals surface area contributed by atoms with Crippen molar-refractivity contribution >= 4 is 0 Å². The third-order valence-corrected chi connectivity index (χ3v) is 6.43. The fourth-order valence-electron chi connectivity index (χ4n) is 4.52. The molecule has 1 saturated carbocycles. The van der Waals surface area contributed by atoms with E-state index in [0.717, 1.165) is 60.1 Å². The lowest BCUT2D eigenvalue weighted by atomic mass is 9.89. The molecule has 5 nitrogen and oxygen atoms in total. The molecule has 0 atom stereocenters. The summed E-state index contributed by atoms with van der Waals surface area (Å²) in [6.07, 6.45) is 5.95. The number of hydrogen-bond donors (Lipinski definition) is 1. The molecule has 1 spiro atoms. The SMILES string of the molecule is Cc1[nH]c(=O)ccc1-c1ccc2c(c1)COC1(CCN(C3CCC3)CC1)O2. The normalized spacial score (nSPS) is 22.1. The van der Waals surface area contributed by atoms with E-state index in [-0.39, 0.29) is 5.56 Å². The lowest BCUT2D eigenvalue weighted by molar-refractivity contribution is -0.231. The van der Waals surface area contributed by atoms with Crippen LogP contribution in [0.3, 0.4) is 0 Å². The van der Waals surface area contributed by atoms with Crippen LogP contribution in [0.5, 0.6) is 5.75 Å². The van der Waals surface area contributed by atoms with Crippen molar-refractivity contribution in [1.82, 2.24) is 9.88 Å². The van der Waals surface area contributed by atoms with Gasteiger partial charge in [0.1, 0.15) is 5.75 Å². The molecule has 0 amide bonds. The van der Waals surface area contributed by atoms with E-state index in [4.69, 9.17) is 9.47 Å². The van der Waals surface area contributed by atoms with Crippen LogP contribution in [0.2, 0.25) is 0 Å². The summed E-state index contributed by atoms with van der Waals surface area (Å²) in [5, 5.41) is 0. The smallest absolute Gasteiger partial charge is 0.248 e. The molecule has 3 aliphatic rings. The molecule has 1 aromatic carbocycles. The van der Waals surface area contributed by atoms with Gasteiger partial charge in [0.05, 0.1) is 6.61 Å². The molecule has 2 aromatic rings. The summed E-state index contributed by atoms with van der Waals surface area (Å²) in [6.45, 7) is 4.63. The predicted octanol–water partition coefficient (Wildman–Crippen LogP) is 3.60. The summed E-state index contributed by atoms with van der Waals surface area (Å²) in [6, 6.07) is 10.5. The summed E-state index contributed by atoms with van der Waals surface area (Å²) in [5.41, 5.74) is 3.98. The highest BCUT2D eigenvalue weighted by molar-refractivity contribution is 5.67. The van der Waals surface area contributed by atoms with Gasteiger partial charge in [-0.3, -0.25) is 9.69 Å². The Morgan fingerprint density at radius 3 is 2.67 bits per heavy atom. The van der Waals surface area contributed by atoms with Crippen LogP contribution < -0.4 is 10.3 Å². The first-order valence-corrected chi connectivity index (χ1v) is 10.0. The molecular formula is C22H26N2O3. The highest BCUT2D eigenvalue weighted by Crippen LogP contribution is 2.40. The number of nitrogens with zero attached hydrogens (tertiary/aromatic N) is 1. The van der Waals surface area contributed by atoms with Gasteiger partial charge < -0.3 is 14.5 Å². The van der Waals surface area contributed by atoms with E-state index in [1.54, 1.807) is 6.07 Å². The average molecular weight is 366 g/mol. The number of ether oxygens (including phenoxy) is 2. The van der Waals surface area contributed by atoms with Gasteiger partial charge in [0.25, 0.3) is 0 Å². The van der Waals surface area contributed by atoms with Crippen LogP contribution in [-0.2, 0) is 11.3 Å². The molecule has 1 saturated heterocycles. The van der Waals surface area contributed by atoms with Gasteiger partial charge in [-0.05, 0) is 43.5 Å². The number of hydrogen-bond acceptors (Lipinski definition) is 4. The van der Waals surface area contributed by atoms with Gasteiger partial charge in [-0.1, -0.05) is 12.5 Å². The topological polar surface area (TPSA) is 54.6 Å². The van der Waals surface area contributed by atoms with Gasteiger partial charge in [-0.2, -0.15) is 0 Å². The first kappa shape index (κ1) is 17.0. The Bertz CT molecular complexity index is 908. The maximum absolute atomic E-state index is 11.5. The van der Waals surface area contributed by atoms with Crippen molar-refractivity contribution in [3.8, 4) is 16.9 Å². The standard InChI is InChI=1S/C22H26N2O3/c1-15-19(6-8-21(25)23-15)16-5-7-20-17(13-16)14-26-22(27-20)9-11-24(12-10-22)18-3-2-4-18/h5-8,13,18H,2-4,9-12,14H2,1H3,(H,23,25). The molecule has 1 aromatic heterocycles. The van der Waals surface area contributed by atoms with E-state index in [2.05, 4.69) is 28.1 Å². The Labute approximate surface area is 159 Å². The van der Waals surface area contributed by atoms with Gasteiger partial charge in [0.15, 0.2) is 0 Å². The minimum absolute atomic E-state index is 0.0731. The number of aryl methyl sites for hydroxylation is 1. The molecule has 0 bridgehead atoms. The van der Waals surface area contributed by atoms with Gasteiger partial charge in [0, 0.05) is 54.9 Å². The zero-order valence-electron chi connectivity index (χ0n) is 15.8. The van der Waals surface area contributed by atoms with E-state index in [0.29, 0.717) is 6.61 Å². The Morgan fingerprint density at radius 2 is 1.96 bits per heavy atom. The molecule has 5 heteroatoms. The van der Waals surface area contributed by atoms with E-state index < -0.39 is 5.79 Å². The predicted molar refractivity (Wildman–Crippen MR) is 104 cm³/mol. The fourth-order valence-corrected chi connectivity index (χ4v) is 4.52. The maximum Gasteiger partial charge on any atom is 0.248 e. The first-order chi connectivity index (χ1) is 13.1. The van der Waals surface area contributed by atoms with E-state index in [9.17, 15) is 4.79 Å². The zero-order valence-corrected chi connectivity index (χ0v) is 15.8. The van der Waals surface area contributed by atoms with Crippen molar-refractivity contribution in [2.45, 2.75) is 57.5 Å². The van der Waals surface area contributed by atoms with Crippen molar-refractivity contribution in [2.75, 3.05) is 13.1 Å². The van der Waals surface area contributed by atoms with Crippen LogP contribution in [0.4, 0.5) is 0 Å². The number of piperidine rings is 1. The largest absolute Gasteiger partial charge is 0.462 e. The van der Waals surface area contributed by atoms with Crippen LogP contribution in [-0.4, -0.2) is 34.8 Å². The van der Waals surface area contributed by atoms with E-state index >= 15 is 0 Å². The minimum Gasteiger partial charge on any atom is -0.462 e. The zero-order chi connectivity index (χ0) is 18.4. The summed E-state index contributed by atoms with van der Waals surface area (Å²) in [7, 11) is 0. The Hall–Kier alpha value is -2.11. The van der Waals surface area contributed by atoms with Crippen LogP contribution in [0.25, 0.3) is 11.1 Å². The summed E-state index contributed by atoms with van der Waals surface area (Å²) in [5.74, 6) is 0.479. The van der Waals surface area contributed by atoms with Crippen LogP contribution in [0, 0.1) is 6.92 Å². The van der Waals surface area contributed by atoms with Gasteiger partial charge in [0.2, 0.25) is 11.3 Å². The number of H-pyrrole nitrogens is 1. The molecule has 2 aliphatic heterocycles. The van der Waals surface area contributed by atoms with Crippen molar-refractivity contribution in [3.63, 3.8) is 0 Å². The van der Waals surface area contributed by atoms with Crippen molar-refractivity contribution < 1.29 is 9.47 Å². The molecule has 0 unspecified atom stereocenters. The lowest BCUT2D eigenvalue weighted by Gasteiger charge is -2.47. The first-order valence-electron chi connectivity index (χ1n) is 10.0. The molecule has 2 fully saturated rings. The van der Waals surface area contributed by atoms with Crippen molar-refractivity contribution in [1.29, 1.82) is 0 Å². The molecule has 5 rings (SSSR count). The van der Waals surface area contributed by atoms with E-state index in [1.807, 2.05) is 13.0 Å². The Balaban J connectivity index is 1.34. The van der Waals surface area contributed by atoms with Crippen molar-refractivity contribution in [3.05, 3.63) is 51.9 Å². The number of aromatic nitrogens is 1. The molecule has 3 heterocycles. The summed E-state index contributed by atoms with van der Waals surface area (Å²) < 4.78 is 12.6. The average Bonchev–Trinajstić information content (AvgIpc) is 2.62. The van der Waals surface area contributed by atoms with E-state index in [1.165, 1.54) is 19.3 Å². The summed E-state index contributed by atoms with van der Waals surface area (Å²) in [4.78, 5) is 16.9. The number of likely N-dealkylation sites (tertiary alicyclic amines) is 1. The molecule has 1 aliphatic carbocycles. The number of benzene rings is 1. The number of rotatable bonds is 2. The van der Waals surface area contributed by atoms with Crippen LogP contribution in [0.15, 0.2) is 35.1 Å². The quantitative estimate of drug-likeness (QED) is 0.882. The second kappa shape index (κ2) is 6.50. The highest BCUT2D eigenvalue weighted by atomic mass is 16.7. The Kier molecular flexibility index (Phi) is 4.10. The number of aromatic amines is 1. The van der Waals surface area contributed by atoms with Crippen LogP contribution >= 0.6 is 0 Å². The number of pyridine rings is 1. The highest BCUT2D eigenvalue weighted by Gasteiger charge is 2.42. The Morgan fingerprint density at radius 1 is 1.15 bits per heavy atom. The summed E-state index contributed by atoms with van der Waals surface area (Å²) >= 11 is 0. The maximum atomic E-state index is 11.5. The second-order valence-corrected chi connectivity index (χ2v) is 8.11. The van der Waals surface area contributed by atoms with Crippen LogP contribution in [0.1, 0.15) is 43.4 Å². The number of fused-ring (bicyclic) bond motifs is 1. The third-order valence-electron chi connectivity index (χ3n) is 6.43. The van der Waals surface area contributed by atoms with Gasteiger partial charge in [-0.25, -0.2) is 0 Å². The van der Waals surface area contributed by atoms with Crippen molar-refractivity contribution in [2.24, 2.45) is 0 Å². The van der Waals surface area contributed by atoms with Gasteiger partial charge >= 0.3 is 0 Å². The lowest BCUT2D eigenvalue weighted by Crippen LogP contribution is -2.54. The monoisotopic (exact) mass is 366 g/mol. The molecular weight excluding hydrogens is 340 g/mol. The third kappa shape index (κ3) is 3.09.